The molecule has 15 heavy (non-hydrogen) atoms. The average Bonchev–Trinajstić information content (AvgIpc) is 2.16. The summed E-state index contributed by atoms with van der Waals surface area (Å²) in [5, 5.41) is 11.0. The molecule has 2 aromatic rings. The zero-order valence-corrected chi connectivity index (χ0v) is 8.93. The highest BCUT2D eigenvalue weighted by Crippen LogP contribution is 2.24. The van der Waals surface area contributed by atoms with Crippen molar-refractivity contribution >= 4 is 38.3 Å². The molecule has 1 heterocycles. The lowest BCUT2D eigenvalue weighted by atomic mass is 10.2. The van der Waals surface area contributed by atoms with Gasteiger partial charge in [0.1, 0.15) is 5.82 Å². The lowest BCUT2D eigenvalue weighted by molar-refractivity contribution is -0.384. The maximum Gasteiger partial charge on any atom is 0.270 e. The van der Waals surface area contributed by atoms with E-state index in [4.69, 9.17) is 5.73 Å². The first kappa shape index (κ1) is 9.78. The highest BCUT2D eigenvalue weighted by atomic mass is 79.9. The van der Waals surface area contributed by atoms with Crippen LogP contribution in [-0.4, -0.2) is 14.9 Å². The van der Waals surface area contributed by atoms with Gasteiger partial charge in [-0.05, 0) is 22.0 Å². The molecule has 1 aromatic heterocycles. The van der Waals surface area contributed by atoms with Crippen molar-refractivity contribution in [2.75, 3.05) is 5.73 Å². The van der Waals surface area contributed by atoms with Crippen molar-refractivity contribution in [3.63, 3.8) is 0 Å². The van der Waals surface area contributed by atoms with Crippen molar-refractivity contribution in [3.05, 3.63) is 33.0 Å². The van der Waals surface area contributed by atoms with Crippen LogP contribution in [0, 0.1) is 10.1 Å². The van der Waals surface area contributed by atoms with Crippen molar-refractivity contribution in [1.29, 1.82) is 0 Å². The van der Waals surface area contributed by atoms with Gasteiger partial charge in [0.25, 0.3) is 5.69 Å². The van der Waals surface area contributed by atoms with Gasteiger partial charge in [-0.25, -0.2) is 9.97 Å². The molecule has 0 bridgehead atoms. The molecule has 1 aromatic carbocycles. The summed E-state index contributed by atoms with van der Waals surface area (Å²) in [6.07, 6.45) is 0. The van der Waals surface area contributed by atoms with E-state index in [9.17, 15) is 10.1 Å². The molecule has 0 atom stereocenters. The van der Waals surface area contributed by atoms with Gasteiger partial charge in [0.2, 0.25) is 0 Å². The predicted octanol–water partition coefficient (Wildman–Crippen LogP) is 1.88. The molecule has 2 N–H and O–H groups in total. The van der Waals surface area contributed by atoms with E-state index in [-0.39, 0.29) is 11.5 Å². The third kappa shape index (κ3) is 1.73. The molecular weight excluding hydrogens is 264 g/mol. The van der Waals surface area contributed by atoms with E-state index in [2.05, 4.69) is 25.9 Å². The summed E-state index contributed by atoms with van der Waals surface area (Å²) in [7, 11) is 0. The predicted molar refractivity (Wildman–Crippen MR) is 58.3 cm³/mol. The Labute approximate surface area is 92.4 Å². The Kier molecular flexibility index (Phi) is 2.24. The second kappa shape index (κ2) is 3.43. The first-order valence-corrected chi connectivity index (χ1v) is 4.74. The van der Waals surface area contributed by atoms with Crippen LogP contribution in [0.4, 0.5) is 11.5 Å². The number of nitrogens with two attached hydrogens (primary N) is 1. The maximum atomic E-state index is 10.5. The normalized spacial score (nSPS) is 10.5. The zero-order chi connectivity index (χ0) is 11.0. The number of halogens is 1. The maximum absolute atomic E-state index is 10.5. The highest BCUT2D eigenvalue weighted by molar-refractivity contribution is 9.10. The van der Waals surface area contributed by atoms with Crippen molar-refractivity contribution < 1.29 is 4.92 Å². The number of nitrogen functional groups attached to an aromatic ring is 1. The monoisotopic (exact) mass is 268 g/mol. The van der Waals surface area contributed by atoms with Gasteiger partial charge in [-0.15, -0.1) is 0 Å². The number of nitrogens with zero attached hydrogens (tertiary/aromatic N) is 3. The summed E-state index contributed by atoms with van der Waals surface area (Å²) < 4.78 is 0.362. The molecule has 0 saturated heterocycles. The third-order valence-corrected chi connectivity index (χ3v) is 2.25. The van der Waals surface area contributed by atoms with Crippen LogP contribution in [-0.2, 0) is 0 Å². The average molecular weight is 269 g/mol. The number of aromatic nitrogens is 2. The van der Waals surface area contributed by atoms with Gasteiger partial charge in [-0.1, -0.05) is 0 Å². The van der Waals surface area contributed by atoms with Crippen LogP contribution in [0.25, 0.3) is 10.9 Å². The van der Waals surface area contributed by atoms with Gasteiger partial charge in [0.05, 0.1) is 10.4 Å². The number of nitro groups is 1. The van der Waals surface area contributed by atoms with E-state index >= 15 is 0 Å². The first-order valence-electron chi connectivity index (χ1n) is 3.95. The van der Waals surface area contributed by atoms with E-state index in [0.717, 1.165) is 0 Å². The number of non-ortho nitro benzene ring substituents is 1. The Morgan fingerprint density at radius 2 is 2.13 bits per heavy atom. The van der Waals surface area contributed by atoms with Crippen molar-refractivity contribution in [2.24, 2.45) is 0 Å². The Morgan fingerprint density at radius 1 is 1.40 bits per heavy atom. The number of fused-ring (bicyclic) bond motifs is 1. The van der Waals surface area contributed by atoms with Crippen LogP contribution < -0.4 is 5.73 Å². The second-order valence-corrected chi connectivity index (χ2v) is 3.55. The standard InChI is InChI=1S/C8H5BrN4O2/c9-8-11-6-2-1-4(13(14)15)3-5(6)7(10)12-8/h1-3H,(H2,10,11,12). The summed E-state index contributed by atoms with van der Waals surface area (Å²) in [4.78, 5) is 18.0. The quantitative estimate of drug-likeness (QED) is 0.484. The van der Waals surface area contributed by atoms with Crippen LogP contribution in [0.2, 0.25) is 0 Å². The number of hydrogen-bond acceptors (Lipinski definition) is 5. The topological polar surface area (TPSA) is 94.9 Å². The molecule has 0 saturated carbocycles. The lowest BCUT2D eigenvalue weighted by Crippen LogP contribution is -1.96. The fourth-order valence-electron chi connectivity index (χ4n) is 1.22. The summed E-state index contributed by atoms with van der Waals surface area (Å²) in [5.41, 5.74) is 6.16. The fraction of sp³-hybridized carbons (Fsp3) is 0. The molecule has 0 unspecified atom stereocenters. The van der Waals surface area contributed by atoms with Crippen molar-refractivity contribution in [2.45, 2.75) is 0 Å². The Hall–Kier alpha value is -1.76. The largest absolute Gasteiger partial charge is 0.383 e. The van der Waals surface area contributed by atoms with Gasteiger partial charge in [0, 0.05) is 17.5 Å². The SMILES string of the molecule is Nc1nc(Br)nc2ccc([N+](=O)[O-])cc12. The molecule has 2 rings (SSSR count). The minimum absolute atomic E-state index is 0.0277. The van der Waals surface area contributed by atoms with Crippen LogP contribution >= 0.6 is 15.9 Å². The van der Waals surface area contributed by atoms with Gasteiger partial charge in [0.15, 0.2) is 4.73 Å². The fourth-order valence-corrected chi connectivity index (χ4v) is 1.61. The zero-order valence-electron chi connectivity index (χ0n) is 7.35. The smallest absolute Gasteiger partial charge is 0.270 e. The van der Waals surface area contributed by atoms with Gasteiger partial charge >= 0.3 is 0 Å². The Bertz CT molecular complexity index is 558. The summed E-state index contributed by atoms with van der Waals surface area (Å²) in [6, 6.07) is 4.27. The molecule has 6 nitrogen and oxygen atoms in total. The number of rotatable bonds is 1. The van der Waals surface area contributed by atoms with Crippen LogP contribution in [0.3, 0.4) is 0 Å². The number of anilines is 1. The van der Waals surface area contributed by atoms with Crippen molar-refractivity contribution in [1.82, 2.24) is 9.97 Å². The number of nitro benzene ring substituents is 1. The van der Waals surface area contributed by atoms with E-state index in [0.29, 0.717) is 15.6 Å². The summed E-state index contributed by atoms with van der Waals surface area (Å²) in [5.74, 6) is 0.218. The Morgan fingerprint density at radius 3 is 2.80 bits per heavy atom. The molecule has 0 fully saturated rings. The Balaban J connectivity index is 2.76. The summed E-state index contributed by atoms with van der Waals surface area (Å²) >= 11 is 3.09. The van der Waals surface area contributed by atoms with Gasteiger partial charge < -0.3 is 5.73 Å². The van der Waals surface area contributed by atoms with Gasteiger partial charge in [-0.2, -0.15) is 0 Å². The molecule has 76 valence electrons. The van der Waals surface area contributed by atoms with E-state index in [1.165, 1.54) is 18.2 Å². The molecule has 0 radical (unpaired) electrons. The molecule has 7 heteroatoms. The molecule has 0 aliphatic heterocycles. The molecular formula is C8H5BrN4O2. The van der Waals surface area contributed by atoms with Crippen LogP contribution in [0.15, 0.2) is 22.9 Å². The third-order valence-electron chi connectivity index (χ3n) is 1.89. The first-order chi connectivity index (χ1) is 7.08. The number of benzene rings is 1. The molecule has 0 spiro atoms. The molecule has 0 aliphatic rings. The minimum atomic E-state index is -0.485. The lowest BCUT2D eigenvalue weighted by Gasteiger charge is -2.00. The van der Waals surface area contributed by atoms with Gasteiger partial charge in [-0.3, -0.25) is 10.1 Å². The van der Waals surface area contributed by atoms with E-state index in [1.54, 1.807) is 0 Å². The van der Waals surface area contributed by atoms with E-state index in [1.807, 2.05) is 0 Å². The van der Waals surface area contributed by atoms with E-state index < -0.39 is 4.92 Å². The highest BCUT2D eigenvalue weighted by Gasteiger charge is 2.10. The molecule has 0 amide bonds. The van der Waals surface area contributed by atoms with Crippen molar-refractivity contribution in [3.8, 4) is 0 Å². The number of hydrogen-bond donors (Lipinski definition) is 1. The van der Waals surface area contributed by atoms with Crippen LogP contribution in [0.1, 0.15) is 0 Å². The molecule has 0 aliphatic carbocycles. The second-order valence-electron chi connectivity index (χ2n) is 2.84. The summed E-state index contributed by atoms with van der Waals surface area (Å²) in [6.45, 7) is 0. The minimum Gasteiger partial charge on any atom is -0.383 e. The van der Waals surface area contributed by atoms with Crippen LogP contribution in [0.5, 0.6) is 0 Å².